The van der Waals surface area contributed by atoms with E-state index in [1.54, 1.807) is 5.38 Å². The van der Waals surface area contributed by atoms with Crippen LogP contribution in [0.1, 0.15) is 29.8 Å². The second-order valence-corrected chi connectivity index (χ2v) is 10.6. The van der Waals surface area contributed by atoms with Crippen molar-refractivity contribution in [3.8, 4) is 0 Å². The van der Waals surface area contributed by atoms with Crippen molar-refractivity contribution in [3.63, 3.8) is 0 Å². The zero-order valence-electron chi connectivity index (χ0n) is 19.5. The van der Waals surface area contributed by atoms with Crippen LogP contribution in [0.5, 0.6) is 0 Å². The molecule has 5 rings (SSSR count). The number of amides is 2. The number of carbonyl (C=O) groups excluding carboxylic acids is 2. The second-order valence-electron chi connectivity index (χ2n) is 8.63. The summed E-state index contributed by atoms with van der Waals surface area (Å²) < 4.78 is 2.10. The molecule has 4 heterocycles. The van der Waals surface area contributed by atoms with Crippen molar-refractivity contribution in [2.75, 3.05) is 18.6 Å². The highest BCUT2D eigenvalue weighted by molar-refractivity contribution is 8.00. The van der Waals surface area contributed by atoms with Gasteiger partial charge in [-0.05, 0) is 25.3 Å². The number of nitrogen functional groups attached to an aromatic ring is 1. The minimum atomic E-state index is -1.15. The Hall–Kier alpha value is -3.45. The molecule has 36 heavy (non-hydrogen) atoms. The molecule has 1 fully saturated rings. The molecule has 0 bridgehead atoms. The second kappa shape index (κ2) is 9.90. The van der Waals surface area contributed by atoms with E-state index in [4.69, 9.17) is 10.6 Å². The summed E-state index contributed by atoms with van der Waals surface area (Å²) in [6, 6.07) is 3.21. The lowest BCUT2D eigenvalue weighted by Gasteiger charge is -2.49. The zero-order chi connectivity index (χ0) is 25.4. The Morgan fingerprint density at radius 1 is 1.39 bits per heavy atom. The standard InChI is InChI=1S/C23H24N6O5S2/c1-34-27-16(14-11-36-23(24)25-14)19(30)26-17-20(31)29-18(22(32)33)13(10-35-21(17)29)9-28-8-4-6-12-5-2-3-7-15(12)28/h4,6,8,11,17,21H,2-3,5,7,9-10H2,1H3,(H3-,24,25,26,30,32,33)/p+1/b27-16+/t17-,21-/m0/s1. The molecular weight excluding hydrogens is 504 g/mol. The van der Waals surface area contributed by atoms with Crippen molar-refractivity contribution in [1.82, 2.24) is 15.2 Å². The van der Waals surface area contributed by atoms with Crippen LogP contribution in [0.15, 0.2) is 40.1 Å². The number of hydrogen-bond acceptors (Lipinski definition) is 9. The van der Waals surface area contributed by atoms with Crippen LogP contribution in [-0.4, -0.2) is 62.8 Å². The zero-order valence-corrected chi connectivity index (χ0v) is 21.1. The van der Waals surface area contributed by atoms with Crippen molar-refractivity contribution in [2.45, 2.75) is 43.6 Å². The predicted octanol–water partition coefficient (Wildman–Crippen LogP) is 0.681. The number of carbonyl (C=O) groups is 3. The molecule has 0 radical (unpaired) electrons. The van der Waals surface area contributed by atoms with E-state index < -0.39 is 29.2 Å². The number of β-lactam (4-membered cyclic amide) rings is 1. The van der Waals surface area contributed by atoms with Gasteiger partial charge < -0.3 is 21.0 Å². The number of nitrogens with one attached hydrogen (secondary N) is 1. The maximum Gasteiger partial charge on any atom is 0.352 e. The van der Waals surface area contributed by atoms with E-state index >= 15 is 0 Å². The van der Waals surface area contributed by atoms with Crippen LogP contribution in [0.2, 0.25) is 0 Å². The molecule has 4 N–H and O–H groups in total. The maximum atomic E-state index is 13.1. The number of aryl methyl sites for hydroxylation is 1. The molecule has 13 heteroatoms. The number of anilines is 1. The number of aromatic nitrogens is 2. The predicted molar refractivity (Wildman–Crippen MR) is 133 cm³/mol. The Balaban J connectivity index is 1.36. The van der Waals surface area contributed by atoms with Gasteiger partial charge in [0.2, 0.25) is 0 Å². The number of nitrogens with two attached hydrogens (primary N) is 1. The molecule has 1 saturated heterocycles. The third-order valence-corrected chi connectivity index (χ3v) is 8.46. The van der Waals surface area contributed by atoms with Crippen molar-refractivity contribution in [2.24, 2.45) is 5.16 Å². The molecule has 0 saturated carbocycles. The molecule has 2 aliphatic heterocycles. The number of rotatable bonds is 7. The summed E-state index contributed by atoms with van der Waals surface area (Å²) in [6.45, 7) is 0.404. The van der Waals surface area contributed by atoms with Crippen molar-refractivity contribution in [1.29, 1.82) is 0 Å². The first-order valence-electron chi connectivity index (χ1n) is 11.4. The smallest absolute Gasteiger partial charge is 0.352 e. The Kier molecular flexibility index (Phi) is 6.67. The van der Waals surface area contributed by atoms with Gasteiger partial charge in [-0.2, -0.15) is 4.57 Å². The summed E-state index contributed by atoms with van der Waals surface area (Å²) in [6.07, 6.45) is 6.20. The average Bonchev–Trinajstić information content (AvgIpc) is 3.31. The molecule has 2 atom stereocenters. The number of nitrogens with zero attached hydrogens (tertiary/aromatic N) is 4. The van der Waals surface area contributed by atoms with Gasteiger partial charge >= 0.3 is 5.97 Å². The molecule has 1 aliphatic carbocycles. The van der Waals surface area contributed by atoms with E-state index in [0.29, 0.717) is 17.9 Å². The van der Waals surface area contributed by atoms with Gasteiger partial charge in [0.1, 0.15) is 29.9 Å². The van der Waals surface area contributed by atoms with E-state index in [2.05, 4.69) is 26.1 Å². The van der Waals surface area contributed by atoms with Gasteiger partial charge in [0.25, 0.3) is 11.8 Å². The lowest BCUT2D eigenvalue weighted by Crippen LogP contribution is -2.71. The Labute approximate surface area is 215 Å². The number of pyridine rings is 1. The molecule has 2 amide bonds. The summed E-state index contributed by atoms with van der Waals surface area (Å²) in [7, 11) is 1.30. The van der Waals surface area contributed by atoms with Crippen LogP contribution < -0.4 is 15.6 Å². The SMILES string of the molecule is CO/N=C(/C(=O)N[C@H]1C(=O)N2C(C(=O)O)=C(C[n+]3cccc4c3CCCC4)CS[C@@H]12)c1csc(N)n1. The van der Waals surface area contributed by atoms with Crippen molar-refractivity contribution < 1.29 is 28.9 Å². The highest BCUT2D eigenvalue weighted by Crippen LogP contribution is 2.40. The fourth-order valence-corrected chi connectivity index (χ4v) is 6.72. The highest BCUT2D eigenvalue weighted by Gasteiger charge is 2.55. The minimum absolute atomic E-state index is 0.00628. The van der Waals surface area contributed by atoms with E-state index in [1.807, 2.05) is 12.3 Å². The lowest BCUT2D eigenvalue weighted by molar-refractivity contribution is -0.697. The number of hydrogen-bond donors (Lipinski definition) is 3. The van der Waals surface area contributed by atoms with Crippen LogP contribution >= 0.6 is 23.1 Å². The first kappa shape index (κ1) is 24.3. The average molecular weight is 530 g/mol. The van der Waals surface area contributed by atoms with Gasteiger partial charge in [-0.25, -0.2) is 9.78 Å². The molecule has 3 aliphatic rings. The molecular formula is C23H25N6O5S2+. The van der Waals surface area contributed by atoms with E-state index in [9.17, 15) is 19.5 Å². The fraction of sp³-hybridized carbons (Fsp3) is 0.391. The van der Waals surface area contributed by atoms with Gasteiger partial charge in [-0.1, -0.05) is 5.16 Å². The molecule has 11 nitrogen and oxygen atoms in total. The Bertz CT molecular complexity index is 1310. The van der Waals surface area contributed by atoms with Crippen molar-refractivity contribution in [3.05, 3.63) is 51.9 Å². The van der Waals surface area contributed by atoms with E-state index in [0.717, 1.165) is 37.0 Å². The number of carboxylic acid groups (broad SMARTS) is 1. The molecule has 0 unspecified atom stereocenters. The van der Waals surface area contributed by atoms with Gasteiger partial charge in [0.15, 0.2) is 29.3 Å². The normalized spacial score (nSPS) is 21.4. The molecule has 2 aromatic heterocycles. The topological polar surface area (TPSA) is 151 Å². The number of carboxylic acids is 1. The van der Waals surface area contributed by atoms with E-state index in [-0.39, 0.29) is 22.2 Å². The highest BCUT2D eigenvalue weighted by atomic mass is 32.2. The monoisotopic (exact) mass is 529 g/mol. The summed E-state index contributed by atoms with van der Waals surface area (Å²) in [5, 5.41) is 17.7. The number of thioether (sulfide) groups is 1. The van der Waals surface area contributed by atoms with Crippen molar-refractivity contribution >= 4 is 51.7 Å². The van der Waals surface area contributed by atoms with Gasteiger partial charge in [0, 0.05) is 34.8 Å². The lowest BCUT2D eigenvalue weighted by atomic mass is 9.95. The van der Waals surface area contributed by atoms with Crippen LogP contribution in [0.3, 0.4) is 0 Å². The largest absolute Gasteiger partial charge is 0.477 e. The third-order valence-electron chi connectivity index (χ3n) is 6.45. The third kappa shape index (κ3) is 4.32. The Morgan fingerprint density at radius 3 is 2.92 bits per heavy atom. The van der Waals surface area contributed by atoms with Crippen LogP contribution in [-0.2, 0) is 38.6 Å². The Morgan fingerprint density at radius 2 is 2.19 bits per heavy atom. The summed E-state index contributed by atoms with van der Waals surface area (Å²) in [4.78, 5) is 48.4. The van der Waals surface area contributed by atoms with E-state index in [1.165, 1.54) is 35.0 Å². The first-order valence-corrected chi connectivity index (χ1v) is 13.4. The number of aliphatic carboxylic acids is 1. The number of fused-ring (bicyclic) bond motifs is 2. The van der Waals surface area contributed by atoms with Gasteiger partial charge in [-0.3, -0.25) is 14.5 Å². The van der Waals surface area contributed by atoms with Crippen LogP contribution in [0, 0.1) is 0 Å². The quantitative estimate of drug-likeness (QED) is 0.205. The summed E-state index contributed by atoms with van der Waals surface area (Å²) >= 11 is 2.57. The molecule has 2 aromatic rings. The van der Waals surface area contributed by atoms with Crippen LogP contribution in [0.25, 0.3) is 0 Å². The van der Waals surface area contributed by atoms with Gasteiger partial charge in [-0.15, -0.1) is 23.1 Å². The maximum absolute atomic E-state index is 13.1. The molecule has 0 spiro atoms. The summed E-state index contributed by atoms with van der Waals surface area (Å²) in [5.74, 6) is -1.86. The fourth-order valence-electron chi connectivity index (χ4n) is 4.83. The molecule has 0 aromatic carbocycles. The van der Waals surface area contributed by atoms with Crippen LogP contribution in [0.4, 0.5) is 5.13 Å². The number of oxime groups is 1. The number of thiazole rings is 1. The minimum Gasteiger partial charge on any atom is -0.477 e. The van der Waals surface area contributed by atoms with Gasteiger partial charge in [0.05, 0.1) is 0 Å². The summed E-state index contributed by atoms with van der Waals surface area (Å²) in [5.41, 5.74) is 8.96. The molecule has 188 valence electrons. The first-order chi connectivity index (χ1) is 17.4.